The molecule has 0 heterocycles. The summed E-state index contributed by atoms with van der Waals surface area (Å²) in [5, 5.41) is 3.38. The molecular formula is C14H12ClF2NO. The smallest absolute Gasteiger partial charge is 0.167 e. The van der Waals surface area contributed by atoms with E-state index < -0.39 is 5.82 Å². The van der Waals surface area contributed by atoms with Crippen LogP contribution in [0.25, 0.3) is 0 Å². The second-order valence-corrected chi connectivity index (χ2v) is 4.38. The van der Waals surface area contributed by atoms with E-state index in [0.29, 0.717) is 16.3 Å². The van der Waals surface area contributed by atoms with Crippen molar-refractivity contribution in [2.45, 2.75) is 6.54 Å². The first-order chi connectivity index (χ1) is 9.10. The van der Waals surface area contributed by atoms with Gasteiger partial charge >= 0.3 is 0 Å². The first-order valence-corrected chi connectivity index (χ1v) is 5.99. The van der Waals surface area contributed by atoms with Crippen molar-refractivity contribution >= 4 is 17.3 Å². The van der Waals surface area contributed by atoms with Crippen LogP contribution in [0.3, 0.4) is 0 Å². The van der Waals surface area contributed by atoms with Crippen LogP contribution in [0.15, 0.2) is 36.4 Å². The minimum atomic E-state index is -0.473. The molecule has 0 atom stereocenters. The Morgan fingerprint density at radius 3 is 2.58 bits per heavy atom. The van der Waals surface area contributed by atoms with Gasteiger partial charge in [-0.25, -0.2) is 8.78 Å². The lowest BCUT2D eigenvalue weighted by atomic mass is 10.2. The van der Waals surface area contributed by atoms with Gasteiger partial charge in [0.1, 0.15) is 5.82 Å². The van der Waals surface area contributed by atoms with Crippen molar-refractivity contribution in [2.24, 2.45) is 0 Å². The van der Waals surface area contributed by atoms with Gasteiger partial charge in [-0.15, -0.1) is 0 Å². The molecular weight excluding hydrogens is 272 g/mol. The molecule has 2 aromatic carbocycles. The fourth-order valence-electron chi connectivity index (χ4n) is 1.65. The zero-order valence-electron chi connectivity index (χ0n) is 10.2. The van der Waals surface area contributed by atoms with E-state index in [-0.39, 0.29) is 18.1 Å². The Morgan fingerprint density at radius 2 is 1.89 bits per heavy atom. The number of benzene rings is 2. The molecule has 0 aromatic heterocycles. The van der Waals surface area contributed by atoms with Crippen molar-refractivity contribution in [3.8, 4) is 5.75 Å². The standard InChI is InChI=1S/C14H12ClF2NO/c1-19-14-5-3-11(7-13(14)17)18-8-9-6-10(15)2-4-12(9)16/h2-7,18H,8H2,1H3. The first kappa shape index (κ1) is 13.6. The third-order valence-electron chi connectivity index (χ3n) is 2.64. The van der Waals surface area contributed by atoms with Crippen LogP contribution in [0.4, 0.5) is 14.5 Å². The largest absolute Gasteiger partial charge is 0.494 e. The maximum absolute atomic E-state index is 13.5. The second-order valence-electron chi connectivity index (χ2n) is 3.94. The molecule has 2 nitrogen and oxygen atoms in total. The summed E-state index contributed by atoms with van der Waals surface area (Å²) in [6.45, 7) is 0.220. The number of ether oxygens (including phenoxy) is 1. The number of rotatable bonds is 4. The van der Waals surface area contributed by atoms with E-state index in [9.17, 15) is 8.78 Å². The highest BCUT2D eigenvalue weighted by molar-refractivity contribution is 6.30. The van der Waals surface area contributed by atoms with Crippen molar-refractivity contribution in [1.29, 1.82) is 0 Å². The molecule has 19 heavy (non-hydrogen) atoms. The zero-order valence-corrected chi connectivity index (χ0v) is 11.0. The van der Waals surface area contributed by atoms with Gasteiger partial charge in [0.25, 0.3) is 0 Å². The quantitative estimate of drug-likeness (QED) is 0.906. The van der Waals surface area contributed by atoms with Crippen LogP contribution in [0.2, 0.25) is 5.02 Å². The summed E-state index contributed by atoms with van der Waals surface area (Å²) in [5.41, 5.74) is 0.960. The highest BCUT2D eigenvalue weighted by atomic mass is 35.5. The third-order valence-corrected chi connectivity index (χ3v) is 2.88. The van der Waals surface area contributed by atoms with E-state index in [4.69, 9.17) is 16.3 Å². The van der Waals surface area contributed by atoms with E-state index in [2.05, 4.69) is 5.32 Å². The molecule has 0 unspecified atom stereocenters. The van der Waals surface area contributed by atoms with Gasteiger partial charge in [0.2, 0.25) is 0 Å². The predicted molar refractivity (Wildman–Crippen MR) is 71.7 cm³/mol. The molecule has 0 amide bonds. The van der Waals surface area contributed by atoms with Crippen LogP contribution in [0, 0.1) is 11.6 Å². The molecule has 5 heteroatoms. The second kappa shape index (κ2) is 5.89. The highest BCUT2D eigenvalue weighted by Gasteiger charge is 2.05. The molecule has 2 aromatic rings. The molecule has 0 bridgehead atoms. The van der Waals surface area contributed by atoms with Crippen LogP contribution < -0.4 is 10.1 Å². The molecule has 0 aliphatic heterocycles. The highest BCUT2D eigenvalue weighted by Crippen LogP contribution is 2.22. The summed E-state index contributed by atoms with van der Waals surface area (Å²) in [5.74, 6) is -0.663. The summed E-state index contributed by atoms with van der Waals surface area (Å²) in [6.07, 6.45) is 0. The van der Waals surface area contributed by atoms with Crippen LogP contribution in [0.1, 0.15) is 5.56 Å². The van der Waals surface area contributed by atoms with Crippen LogP contribution in [-0.4, -0.2) is 7.11 Å². The van der Waals surface area contributed by atoms with E-state index in [0.717, 1.165) is 0 Å². The van der Waals surface area contributed by atoms with Crippen molar-refractivity contribution in [2.75, 3.05) is 12.4 Å². The number of hydrogen-bond donors (Lipinski definition) is 1. The molecule has 0 saturated carbocycles. The van der Waals surface area contributed by atoms with Gasteiger partial charge in [-0.1, -0.05) is 11.6 Å². The van der Waals surface area contributed by atoms with Crippen LogP contribution in [-0.2, 0) is 6.54 Å². The monoisotopic (exact) mass is 283 g/mol. The summed E-state index contributed by atoms with van der Waals surface area (Å²) in [6, 6.07) is 8.77. The molecule has 0 aliphatic rings. The van der Waals surface area contributed by atoms with Crippen molar-refractivity contribution in [3.05, 3.63) is 58.6 Å². The van der Waals surface area contributed by atoms with Crippen molar-refractivity contribution in [3.63, 3.8) is 0 Å². The molecule has 1 N–H and O–H groups in total. The summed E-state index contributed by atoms with van der Waals surface area (Å²) in [7, 11) is 1.40. The van der Waals surface area contributed by atoms with Crippen molar-refractivity contribution < 1.29 is 13.5 Å². The van der Waals surface area contributed by atoms with Gasteiger partial charge in [0.15, 0.2) is 11.6 Å². The van der Waals surface area contributed by atoms with Crippen LogP contribution >= 0.6 is 11.6 Å². The van der Waals surface area contributed by atoms with Gasteiger partial charge < -0.3 is 10.1 Å². The molecule has 2 rings (SSSR count). The maximum atomic E-state index is 13.5. The lowest BCUT2D eigenvalue weighted by molar-refractivity contribution is 0.386. The molecule has 0 aliphatic carbocycles. The summed E-state index contributed by atoms with van der Waals surface area (Å²) < 4.78 is 31.8. The lowest BCUT2D eigenvalue weighted by Gasteiger charge is -2.09. The van der Waals surface area contributed by atoms with Gasteiger partial charge in [-0.2, -0.15) is 0 Å². The number of anilines is 1. The topological polar surface area (TPSA) is 21.3 Å². The number of methoxy groups -OCH3 is 1. The molecule has 0 saturated heterocycles. The Morgan fingerprint density at radius 1 is 1.11 bits per heavy atom. The normalized spacial score (nSPS) is 10.3. The first-order valence-electron chi connectivity index (χ1n) is 5.61. The predicted octanol–water partition coefficient (Wildman–Crippen LogP) is 4.24. The van der Waals surface area contributed by atoms with E-state index in [1.165, 1.54) is 37.4 Å². The average molecular weight is 284 g/mol. The summed E-state index contributed by atoms with van der Waals surface area (Å²) >= 11 is 5.79. The Balaban J connectivity index is 2.10. The van der Waals surface area contributed by atoms with E-state index >= 15 is 0 Å². The fraction of sp³-hybridized carbons (Fsp3) is 0.143. The minimum absolute atomic E-state index is 0.166. The Kier molecular flexibility index (Phi) is 4.22. The molecule has 0 spiro atoms. The van der Waals surface area contributed by atoms with E-state index in [1.807, 2.05) is 0 Å². The summed E-state index contributed by atoms with van der Waals surface area (Å²) in [4.78, 5) is 0. The number of nitrogens with one attached hydrogen (secondary N) is 1. The van der Waals surface area contributed by atoms with Crippen LogP contribution in [0.5, 0.6) is 5.75 Å². The number of hydrogen-bond acceptors (Lipinski definition) is 2. The van der Waals surface area contributed by atoms with Gasteiger partial charge in [-0.3, -0.25) is 0 Å². The molecule has 100 valence electrons. The number of halogens is 3. The molecule has 0 radical (unpaired) electrons. The minimum Gasteiger partial charge on any atom is -0.494 e. The Hall–Kier alpha value is -1.81. The third kappa shape index (κ3) is 3.35. The van der Waals surface area contributed by atoms with Gasteiger partial charge in [-0.05, 0) is 30.3 Å². The van der Waals surface area contributed by atoms with Gasteiger partial charge in [0.05, 0.1) is 7.11 Å². The zero-order chi connectivity index (χ0) is 13.8. The lowest BCUT2D eigenvalue weighted by Crippen LogP contribution is -2.02. The fourth-order valence-corrected chi connectivity index (χ4v) is 1.85. The Bertz CT molecular complexity index is 590. The molecule has 0 fully saturated rings. The van der Waals surface area contributed by atoms with Gasteiger partial charge in [0, 0.05) is 28.9 Å². The van der Waals surface area contributed by atoms with Crippen molar-refractivity contribution in [1.82, 2.24) is 0 Å². The SMILES string of the molecule is COc1ccc(NCc2cc(Cl)ccc2F)cc1F. The maximum Gasteiger partial charge on any atom is 0.167 e. The average Bonchev–Trinajstić information content (AvgIpc) is 2.40. The van der Waals surface area contributed by atoms with E-state index in [1.54, 1.807) is 6.07 Å². The Labute approximate surface area is 115 Å².